The minimum absolute atomic E-state index is 0.171. The molecule has 2 aromatic carbocycles. The molecule has 0 atom stereocenters. The van der Waals surface area contributed by atoms with Crippen LogP contribution in [0.3, 0.4) is 0 Å². The first-order chi connectivity index (χ1) is 16.1. The van der Waals surface area contributed by atoms with Crippen LogP contribution in [0.2, 0.25) is 0 Å². The molecule has 0 saturated heterocycles. The molecule has 1 aliphatic rings. The number of para-hydroxylation sites is 2. The average molecular weight is 481 g/mol. The first-order valence-electron chi connectivity index (χ1n) is 10.3. The number of carbonyl (C=O) groups is 2. The highest BCUT2D eigenvalue weighted by molar-refractivity contribution is 7.92. The van der Waals surface area contributed by atoms with Crippen molar-refractivity contribution in [2.45, 2.75) is 6.92 Å². The molecule has 34 heavy (non-hydrogen) atoms. The Kier molecular flexibility index (Phi) is 7.50. The van der Waals surface area contributed by atoms with Crippen molar-refractivity contribution in [3.8, 4) is 6.07 Å². The van der Waals surface area contributed by atoms with Gasteiger partial charge in [-0.15, -0.1) is 0 Å². The Labute approximate surface area is 198 Å². The highest BCUT2D eigenvalue weighted by Crippen LogP contribution is 2.40. The highest BCUT2D eigenvalue weighted by atomic mass is 32.2. The number of aryl methyl sites for hydroxylation is 1. The zero-order valence-electron chi connectivity index (χ0n) is 19.0. The number of esters is 1. The number of fused-ring (bicyclic) bond motifs is 1. The smallest absolute Gasteiger partial charge is 0.321 e. The van der Waals surface area contributed by atoms with Crippen LogP contribution in [0.1, 0.15) is 11.1 Å². The SMILES string of the molecule is Cc1ccc(/C=C/S(=O)(=O)NCC(=O)OCC(=O)C(C#N)=C2N(C)c3ccccc3N2C)cc1. The van der Waals surface area contributed by atoms with Gasteiger partial charge in [0, 0.05) is 19.5 Å². The zero-order valence-corrected chi connectivity index (χ0v) is 19.8. The number of sulfonamides is 1. The maximum atomic E-state index is 12.6. The predicted octanol–water partition coefficient (Wildman–Crippen LogP) is 2.32. The number of rotatable bonds is 8. The summed E-state index contributed by atoms with van der Waals surface area (Å²) in [5, 5.41) is 10.5. The van der Waals surface area contributed by atoms with Crippen LogP contribution in [0.15, 0.2) is 65.3 Å². The van der Waals surface area contributed by atoms with Crippen molar-refractivity contribution in [3.05, 3.63) is 76.5 Å². The maximum Gasteiger partial charge on any atom is 0.321 e. The van der Waals surface area contributed by atoms with Gasteiger partial charge in [-0.2, -0.15) is 5.26 Å². The van der Waals surface area contributed by atoms with E-state index in [1.165, 1.54) is 6.08 Å². The molecule has 0 saturated carbocycles. The summed E-state index contributed by atoms with van der Waals surface area (Å²) >= 11 is 0. The molecule has 0 fully saturated rings. The summed E-state index contributed by atoms with van der Waals surface area (Å²) in [4.78, 5) is 28.1. The molecule has 2 aromatic rings. The van der Waals surface area contributed by atoms with E-state index < -0.39 is 34.9 Å². The first kappa shape index (κ1) is 24.7. The number of ketones is 1. The Morgan fingerprint density at radius 2 is 1.65 bits per heavy atom. The topological polar surface area (TPSA) is 120 Å². The van der Waals surface area contributed by atoms with E-state index in [4.69, 9.17) is 4.74 Å². The molecule has 0 spiro atoms. The summed E-state index contributed by atoms with van der Waals surface area (Å²) in [5.41, 5.74) is 3.21. The number of nitrogens with one attached hydrogen (secondary N) is 1. The molecule has 0 radical (unpaired) electrons. The fourth-order valence-corrected chi connectivity index (χ4v) is 4.13. The Morgan fingerprint density at radius 1 is 1.06 bits per heavy atom. The van der Waals surface area contributed by atoms with Gasteiger partial charge in [0.15, 0.2) is 6.61 Å². The van der Waals surface area contributed by atoms with Gasteiger partial charge in [-0.05, 0) is 30.7 Å². The van der Waals surface area contributed by atoms with E-state index in [1.807, 2.05) is 49.4 Å². The summed E-state index contributed by atoms with van der Waals surface area (Å²) < 4.78 is 31.2. The van der Waals surface area contributed by atoms with Gasteiger partial charge in [0.25, 0.3) is 0 Å². The average Bonchev–Trinajstić information content (AvgIpc) is 3.07. The van der Waals surface area contributed by atoms with E-state index in [0.29, 0.717) is 11.4 Å². The molecule has 0 aliphatic carbocycles. The second-order valence-corrected chi connectivity index (χ2v) is 9.23. The van der Waals surface area contributed by atoms with Crippen molar-refractivity contribution in [2.75, 3.05) is 37.0 Å². The zero-order chi connectivity index (χ0) is 24.9. The van der Waals surface area contributed by atoms with E-state index in [1.54, 1.807) is 36.0 Å². The normalized spacial score (nSPS) is 13.1. The number of hydrogen-bond donors (Lipinski definition) is 1. The van der Waals surface area contributed by atoms with E-state index in [0.717, 1.165) is 22.3 Å². The van der Waals surface area contributed by atoms with Gasteiger partial charge in [0.2, 0.25) is 15.8 Å². The molecule has 0 unspecified atom stereocenters. The predicted molar refractivity (Wildman–Crippen MR) is 129 cm³/mol. The number of nitriles is 1. The summed E-state index contributed by atoms with van der Waals surface area (Å²) in [7, 11) is -0.435. The highest BCUT2D eigenvalue weighted by Gasteiger charge is 2.31. The van der Waals surface area contributed by atoms with Crippen LogP contribution in [0, 0.1) is 18.3 Å². The maximum absolute atomic E-state index is 12.6. The van der Waals surface area contributed by atoms with Crippen molar-refractivity contribution >= 4 is 39.2 Å². The van der Waals surface area contributed by atoms with Crippen LogP contribution in [-0.2, 0) is 24.3 Å². The Hall–Kier alpha value is -3.94. The van der Waals surface area contributed by atoms with Crippen LogP contribution in [0.4, 0.5) is 11.4 Å². The first-order valence-corrected chi connectivity index (χ1v) is 11.8. The molecule has 1 heterocycles. The summed E-state index contributed by atoms with van der Waals surface area (Å²) in [6, 6.07) is 16.5. The number of hydrogen-bond acceptors (Lipinski definition) is 8. The molecule has 10 heteroatoms. The fourth-order valence-electron chi connectivity index (χ4n) is 3.38. The number of Topliss-reactive ketones (excluding diaryl/α,β-unsaturated/α-hetero) is 1. The lowest BCUT2D eigenvalue weighted by atomic mass is 10.2. The Balaban J connectivity index is 1.58. The van der Waals surface area contributed by atoms with Crippen LogP contribution in [-0.4, -0.2) is 47.4 Å². The molecule has 1 aliphatic heterocycles. The lowest BCUT2D eigenvalue weighted by Crippen LogP contribution is -2.31. The van der Waals surface area contributed by atoms with Crippen molar-refractivity contribution in [3.63, 3.8) is 0 Å². The third-order valence-electron chi connectivity index (χ3n) is 5.15. The minimum Gasteiger partial charge on any atom is -0.456 e. The van der Waals surface area contributed by atoms with Gasteiger partial charge in [-0.3, -0.25) is 9.59 Å². The molecule has 0 aromatic heterocycles. The van der Waals surface area contributed by atoms with Crippen molar-refractivity contribution in [1.82, 2.24) is 4.72 Å². The fraction of sp³-hybridized carbons (Fsp3) is 0.208. The van der Waals surface area contributed by atoms with Crippen molar-refractivity contribution in [1.29, 1.82) is 5.26 Å². The van der Waals surface area contributed by atoms with Crippen molar-refractivity contribution < 1.29 is 22.7 Å². The van der Waals surface area contributed by atoms with Gasteiger partial charge in [0.1, 0.15) is 24.0 Å². The third-order valence-corrected chi connectivity index (χ3v) is 6.19. The van der Waals surface area contributed by atoms with E-state index in [2.05, 4.69) is 4.72 Å². The number of nitrogens with zero attached hydrogens (tertiary/aromatic N) is 3. The molecule has 9 nitrogen and oxygen atoms in total. The van der Waals surface area contributed by atoms with E-state index >= 15 is 0 Å². The molecule has 1 N–H and O–H groups in total. The molecular weight excluding hydrogens is 456 g/mol. The molecular formula is C24H24N4O5S. The molecule has 3 rings (SSSR count). The van der Waals surface area contributed by atoms with Gasteiger partial charge in [-0.25, -0.2) is 13.1 Å². The number of benzene rings is 2. The second kappa shape index (κ2) is 10.3. The van der Waals surface area contributed by atoms with Crippen molar-refractivity contribution in [2.24, 2.45) is 0 Å². The monoisotopic (exact) mass is 480 g/mol. The van der Waals surface area contributed by atoms with Gasteiger partial charge in [0.05, 0.1) is 11.4 Å². The number of carbonyl (C=O) groups excluding carboxylic acids is 2. The number of anilines is 2. The molecule has 0 amide bonds. The number of ether oxygens (including phenoxy) is 1. The third kappa shape index (κ3) is 5.70. The standard InChI is InChI=1S/C24H24N4O5S/c1-17-8-10-18(11-9-17)12-13-34(31,32)26-15-23(30)33-16-22(29)19(14-25)24-27(2)20-6-4-5-7-21(20)28(24)3/h4-13,26H,15-16H2,1-3H3/b13-12+. The minimum atomic E-state index is -3.89. The van der Waals surface area contributed by atoms with E-state index in [9.17, 15) is 23.3 Å². The summed E-state index contributed by atoms with van der Waals surface area (Å²) in [5.74, 6) is -1.27. The molecule has 176 valence electrons. The lowest BCUT2D eigenvalue weighted by Gasteiger charge is -2.19. The summed E-state index contributed by atoms with van der Waals surface area (Å²) in [6.07, 6.45) is 1.40. The van der Waals surface area contributed by atoms with Crippen LogP contribution >= 0.6 is 0 Å². The van der Waals surface area contributed by atoms with Gasteiger partial charge >= 0.3 is 5.97 Å². The van der Waals surface area contributed by atoms with Gasteiger partial charge in [-0.1, -0.05) is 42.0 Å². The molecule has 0 bridgehead atoms. The Morgan fingerprint density at radius 3 is 2.21 bits per heavy atom. The van der Waals surface area contributed by atoms with E-state index in [-0.39, 0.29) is 5.57 Å². The van der Waals surface area contributed by atoms with Crippen LogP contribution in [0.5, 0.6) is 0 Å². The lowest BCUT2D eigenvalue weighted by molar-refractivity contribution is -0.145. The summed E-state index contributed by atoms with van der Waals surface area (Å²) in [6.45, 7) is 0.573. The largest absolute Gasteiger partial charge is 0.456 e. The quantitative estimate of drug-likeness (QED) is 0.347. The van der Waals surface area contributed by atoms with Crippen LogP contribution in [0.25, 0.3) is 6.08 Å². The second-order valence-electron chi connectivity index (χ2n) is 7.58. The van der Waals surface area contributed by atoms with Gasteiger partial charge < -0.3 is 14.5 Å². The Bertz CT molecular complexity index is 1280. The van der Waals surface area contributed by atoms with Crippen LogP contribution < -0.4 is 14.5 Å².